The second-order valence-electron chi connectivity index (χ2n) is 4.38. The van der Waals surface area contributed by atoms with Crippen LogP contribution in [0.2, 0.25) is 0 Å². The van der Waals surface area contributed by atoms with Gasteiger partial charge in [0.25, 0.3) is 0 Å². The summed E-state index contributed by atoms with van der Waals surface area (Å²) in [5.74, 6) is 0.493. The highest BCUT2D eigenvalue weighted by Gasteiger charge is 2.12. The average molecular weight is 303 g/mol. The maximum absolute atomic E-state index is 11.3. The van der Waals surface area contributed by atoms with Gasteiger partial charge in [0, 0.05) is 11.8 Å². The fourth-order valence-corrected chi connectivity index (χ4v) is 2.61. The summed E-state index contributed by atoms with van der Waals surface area (Å²) in [4.78, 5) is 4.00. The lowest BCUT2D eigenvalue weighted by molar-refractivity contribution is 0.305. The Morgan fingerprint density at radius 2 is 2.14 bits per heavy atom. The Morgan fingerprint density at radius 1 is 1.38 bits per heavy atom. The van der Waals surface area contributed by atoms with Crippen LogP contribution >= 0.6 is 0 Å². The number of nitrogens with zero attached hydrogens (tertiary/aromatic N) is 2. The van der Waals surface area contributed by atoms with Crippen molar-refractivity contribution in [2.75, 3.05) is 0 Å². The number of aryl methyl sites for hydroxylation is 1. The van der Waals surface area contributed by atoms with Gasteiger partial charge < -0.3 is 4.74 Å². The minimum atomic E-state index is -3.74. The Bertz CT molecular complexity index is 810. The van der Waals surface area contributed by atoms with Gasteiger partial charge in [0.1, 0.15) is 24.1 Å². The van der Waals surface area contributed by atoms with Crippen LogP contribution in [-0.2, 0) is 16.6 Å². The van der Waals surface area contributed by atoms with Gasteiger partial charge in [-0.2, -0.15) is 5.26 Å². The first kappa shape index (κ1) is 15.0. The van der Waals surface area contributed by atoms with Crippen LogP contribution in [0.1, 0.15) is 16.8 Å². The quantitative estimate of drug-likeness (QED) is 0.921. The van der Waals surface area contributed by atoms with Crippen molar-refractivity contribution in [3.63, 3.8) is 0 Å². The van der Waals surface area contributed by atoms with Crippen LogP contribution in [0.5, 0.6) is 5.75 Å². The largest absolute Gasteiger partial charge is 0.489 e. The third-order valence-corrected chi connectivity index (χ3v) is 3.92. The molecule has 0 saturated carbocycles. The maximum Gasteiger partial charge on any atom is 0.238 e. The summed E-state index contributed by atoms with van der Waals surface area (Å²) in [6.45, 7) is 1.81. The molecule has 7 heteroatoms. The molecule has 21 heavy (non-hydrogen) atoms. The van der Waals surface area contributed by atoms with E-state index in [0.29, 0.717) is 22.6 Å². The Kier molecular flexibility index (Phi) is 4.21. The van der Waals surface area contributed by atoms with E-state index < -0.39 is 10.0 Å². The van der Waals surface area contributed by atoms with Crippen molar-refractivity contribution >= 4 is 10.0 Å². The van der Waals surface area contributed by atoms with Crippen LogP contribution in [0.4, 0.5) is 0 Å². The van der Waals surface area contributed by atoms with Gasteiger partial charge >= 0.3 is 0 Å². The monoisotopic (exact) mass is 303 g/mol. The van der Waals surface area contributed by atoms with Crippen LogP contribution in [0.15, 0.2) is 41.4 Å². The molecule has 0 fully saturated rings. The molecule has 0 aliphatic heterocycles. The number of pyridine rings is 1. The molecule has 0 aliphatic rings. The van der Waals surface area contributed by atoms with Crippen molar-refractivity contribution in [3.8, 4) is 11.8 Å². The third-order valence-electron chi connectivity index (χ3n) is 2.84. The molecular formula is C14H13N3O3S. The molecular weight excluding hydrogens is 290 g/mol. The number of nitrogens with two attached hydrogens (primary N) is 1. The van der Waals surface area contributed by atoms with Gasteiger partial charge in [-0.05, 0) is 36.8 Å². The number of hydrogen-bond donors (Lipinski definition) is 1. The van der Waals surface area contributed by atoms with Gasteiger partial charge in [-0.25, -0.2) is 18.5 Å². The first-order chi connectivity index (χ1) is 9.91. The normalized spacial score (nSPS) is 10.9. The topological polar surface area (TPSA) is 106 Å². The predicted molar refractivity (Wildman–Crippen MR) is 75.8 cm³/mol. The molecule has 0 radical (unpaired) electrons. The highest BCUT2D eigenvalue weighted by Crippen LogP contribution is 2.21. The second kappa shape index (κ2) is 5.91. The molecule has 2 N–H and O–H groups in total. The van der Waals surface area contributed by atoms with E-state index in [2.05, 4.69) is 4.98 Å². The van der Waals surface area contributed by atoms with Crippen LogP contribution in [0, 0.1) is 18.3 Å². The highest BCUT2D eigenvalue weighted by molar-refractivity contribution is 7.89. The number of aromatic nitrogens is 1. The third kappa shape index (κ3) is 3.56. The van der Waals surface area contributed by atoms with Gasteiger partial charge in [-0.1, -0.05) is 6.07 Å². The molecule has 0 amide bonds. The van der Waals surface area contributed by atoms with Crippen LogP contribution in [0.3, 0.4) is 0 Å². The predicted octanol–water partition coefficient (Wildman–Crippen LogP) is 1.49. The molecule has 0 bridgehead atoms. The second-order valence-corrected chi connectivity index (χ2v) is 5.91. The Balaban J connectivity index is 2.19. The molecule has 0 aliphatic carbocycles. The fraction of sp³-hybridized carbons (Fsp3) is 0.143. The van der Waals surface area contributed by atoms with Crippen molar-refractivity contribution in [2.24, 2.45) is 5.14 Å². The number of ether oxygens (including phenoxy) is 1. The van der Waals surface area contributed by atoms with Crippen LogP contribution < -0.4 is 9.88 Å². The fourth-order valence-electron chi connectivity index (χ4n) is 1.85. The van der Waals surface area contributed by atoms with E-state index in [1.807, 2.05) is 6.07 Å². The average Bonchev–Trinajstić information content (AvgIpc) is 2.44. The van der Waals surface area contributed by atoms with Gasteiger partial charge in [0.05, 0.1) is 4.90 Å². The zero-order chi connectivity index (χ0) is 15.5. The number of sulfonamides is 1. The van der Waals surface area contributed by atoms with Crippen molar-refractivity contribution in [1.82, 2.24) is 4.98 Å². The van der Waals surface area contributed by atoms with Gasteiger partial charge in [-0.3, -0.25) is 0 Å². The minimum Gasteiger partial charge on any atom is -0.489 e. The molecule has 0 unspecified atom stereocenters. The van der Waals surface area contributed by atoms with E-state index in [4.69, 9.17) is 15.1 Å². The van der Waals surface area contributed by atoms with E-state index in [0.717, 1.165) is 0 Å². The molecule has 0 spiro atoms. The number of rotatable bonds is 4. The lowest BCUT2D eigenvalue weighted by Crippen LogP contribution is -2.13. The Labute approximate surface area is 122 Å². The number of hydrogen-bond acceptors (Lipinski definition) is 5. The van der Waals surface area contributed by atoms with E-state index in [-0.39, 0.29) is 11.5 Å². The highest BCUT2D eigenvalue weighted by atomic mass is 32.2. The summed E-state index contributed by atoms with van der Waals surface area (Å²) in [7, 11) is -3.74. The summed E-state index contributed by atoms with van der Waals surface area (Å²) in [5, 5.41) is 14.0. The first-order valence-corrected chi connectivity index (χ1v) is 7.56. The van der Waals surface area contributed by atoms with Crippen molar-refractivity contribution in [3.05, 3.63) is 53.3 Å². The van der Waals surface area contributed by atoms with Crippen molar-refractivity contribution in [2.45, 2.75) is 18.4 Å². The number of benzene rings is 1. The lowest BCUT2D eigenvalue weighted by Gasteiger charge is -2.09. The standard InChI is InChI=1S/C14H13N3O3S/c1-10-7-12(4-5-14(10)21(16,18)19)20-9-11-3-2-6-17-13(11)8-15/h2-7H,9H2,1H3,(H2,16,18,19). The van der Waals surface area contributed by atoms with Crippen LogP contribution in [-0.4, -0.2) is 13.4 Å². The summed E-state index contributed by atoms with van der Waals surface area (Å²) < 4.78 is 28.2. The van der Waals surface area contributed by atoms with E-state index in [1.54, 1.807) is 25.1 Å². The van der Waals surface area contributed by atoms with Crippen molar-refractivity contribution < 1.29 is 13.2 Å². The molecule has 0 saturated heterocycles. The maximum atomic E-state index is 11.3. The smallest absolute Gasteiger partial charge is 0.238 e. The van der Waals surface area contributed by atoms with E-state index >= 15 is 0 Å². The Morgan fingerprint density at radius 3 is 2.76 bits per heavy atom. The van der Waals surface area contributed by atoms with E-state index in [9.17, 15) is 8.42 Å². The van der Waals surface area contributed by atoms with Crippen LogP contribution in [0.25, 0.3) is 0 Å². The molecule has 108 valence electrons. The van der Waals surface area contributed by atoms with Gasteiger partial charge in [-0.15, -0.1) is 0 Å². The van der Waals surface area contributed by atoms with Gasteiger partial charge in [0.15, 0.2) is 0 Å². The SMILES string of the molecule is Cc1cc(OCc2cccnc2C#N)ccc1S(N)(=O)=O. The molecule has 6 nitrogen and oxygen atoms in total. The summed E-state index contributed by atoms with van der Waals surface area (Å²) in [5.41, 5.74) is 1.46. The van der Waals surface area contributed by atoms with Gasteiger partial charge in [0.2, 0.25) is 10.0 Å². The summed E-state index contributed by atoms with van der Waals surface area (Å²) >= 11 is 0. The Hall–Kier alpha value is -2.43. The van der Waals surface area contributed by atoms with Crippen molar-refractivity contribution in [1.29, 1.82) is 5.26 Å². The molecule has 2 aromatic rings. The number of primary sulfonamides is 1. The molecule has 1 heterocycles. The minimum absolute atomic E-state index is 0.0638. The molecule has 1 aromatic carbocycles. The molecule has 1 aromatic heterocycles. The summed E-state index contributed by atoms with van der Waals surface area (Å²) in [6, 6.07) is 9.96. The molecule has 0 atom stereocenters. The number of nitriles is 1. The molecule has 2 rings (SSSR count). The van der Waals surface area contributed by atoms with E-state index in [1.165, 1.54) is 18.3 Å². The first-order valence-electron chi connectivity index (χ1n) is 6.02. The lowest BCUT2D eigenvalue weighted by atomic mass is 10.2. The zero-order valence-corrected chi connectivity index (χ0v) is 12.1. The summed E-state index contributed by atoms with van der Waals surface area (Å²) in [6.07, 6.45) is 1.53. The zero-order valence-electron chi connectivity index (χ0n) is 11.3.